The topological polar surface area (TPSA) is 32.3 Å². The molecule has 2 aliphatic rings. The van der Waals surface area contributed by atoms with E-state index >= 15 is 0 Å². The summed E-state index contributed by atoms with van der Waals surface area (Å²) in [4.78, 5) is 14.8. The van der Waals surface area contributed by atoms with Crippen molar-refractivity contribution in [2.45, 2.75) is 33.1 Å². The van der Waals surface area contributed by atoms with Gasteiger partial charge in [-0.3, -0.25) is 4.79 Å². The fourth-order valence-electron chi connectivity index (χ4n) is 3.61. The minimum atomic E-state index is 0. The molecule has 0 aromatic heterocycles. The zero-order chi connectivity index (χ0) is 14.2. The standard InChI is InChI=1S/C17H24N2O.ClH/c1-13-3-4-14(2)15(11-13)16(20)19-10-7-17(12-19)5-8-18-9-6-17;/h3-4,11,18H,5-10,12H2,1-2H3;1H. The number of carbonyl (C=O) groups excluding carboxylic acids is 1. The molecule has 0 saturated carbocycles. The van der Waals surface area contributed by atoms with Crippen LogP contribution in [0.15, 0.2) is 18.2 Å². The summed E-state index contributed by atoms with van der Waals surface area (Å²) < 4.78 is 0. The number of nitrogens with one attached hydrogen (secondary N) is 1. The number of benzene rings is 1. The molecule has 1 aromatic rings. The molecule has 21 heavy (non-hydrogen) atoms. The first-order chi connectivity index (χ1) is 9.60. The summed E-state index contributed by atoms with van der Waals surface area (Å²) in [6.45, 7) is 8.15. The van der Waals surface area contributed by atoms with Crippen molar-refractivity contribution in [1.82, 2.24) is 10.2 Å². The fraction of sp³-hybridized carbons (Fsp3) is 0.588. The van der Waals surface area contributed by atoms with E-state index in [2.05, 4.69) is 29.3 Å². The van der Waals surface area contributed by atoms with Crippen molar-refractivity contribution in [3.63, 3.8) is 0 Å². The van der Waals surface area contributed by atoms with Crippen LogP contribution < -0.4 is 5.32 Å². The number of halogens is 1. The zero-order valence-corrected chi connectivity index (χ0v) is 13.8. The van der Waals surface area contributed by atoms with Gasteiger partial charge in [-0.15, -0.1) is 12.4 Å². The van der Waals surface area contributed by atoms with Crippen LogP contribution in [0.4, 0.5) is 0 Å². The summed E-state index contributed by atoms with van der Waals surface area (Å²) in [5.41, 5.74) is 3.52. The van der Waals surface area contributed by atoms with Gasteiger partial charge in [0.1, 0.15) is 0 Å². The van der Waals surface area contributed by atoms with E-state index in [1.165, 1.54) is 19.3 Å². The number of piperidine rings is 1. The molecule has 0 bridgehead atoms. The number of rotatable bonds is 1. The number of hydrogen-bond acceptors (Lipinski definition) is 2. The molecule has 1 N–H and O–H groups in total. The second-order valence-electron chi connectivity index (χ2n) is 6.55. The third-order valence-corrected chi connectivity index (χ3v) is 5.01. The molecule has 1 spiro atoms. The summed E-state index contributed by atoms with van der Waals surface area (Å²) in [5.74, 6) is 0.224. The Bertz CT molecular complexity index is 524. The normalized spacial score (nSPS) is 20.4. The van der Waals surface area contributed by atoms with Crippen LogP contribution in [-0.4, -0.2) is 37.0 Å². The summed E-state index contributed by atoms with van der Waals surface area (Å²) in [6.07, 6.45) is 3.60. The second kappa shape index (κ2) is 6.37. The van der Waals surface area contributed by atoms with Gasteiger partial charge in [-0.2, -0.15) is 0 Å². The van der Waals surface area contributed by atoms with E-state index in [0.717, 1.165) is 42.9 Å². The van der Waals surface area contributed by atoms with Gasteiger partial charge in [0.15, 0.2) is 0 Å². The van der Waals surface area contributed by atoms with Crippen molar-refractivity contribution >= 4 is 18.3 Å². The molecule has 0 aliphatic carbocycles. The van der Waals surface area contributed by atoms with Gasteiger partial charge >= 0.3 is 0 Å². The maximum Gasteiger partial charge on any atom is 0.254 e. The van der Waals surface area contributed by atoms with Crippen molar-refractivity contribution in [1.29, 1.82) is 0 Å². The van der Waals surface area contributed by atoms with Gasteiger partial charge in [0.05, 0.1) is 0 Å². The lowest BCUT2D eigenvalue weighted by Crippen LogP contribution is -2.39. The predicted octanol–water partition coefficient (Wildman–Crippen LogP) is 2.94. The maximum absolute atomic E-state index is 12.8. The smallest absolute Gasteiger partial charge is 0.254 e. The average molecular weight is 309 g/mol. The molecule has 2 fully saturated rings. The van der Waals surface area contributed by atoms with E-state index in [0.29, 0.717) is 5.41 Å². The highest BCUT2D eigenvalue weighted by Crippen LogP contribution is 2.39. The first kappa shape index (κ1) is 16.3. The SMILES string of the molecule is Cc1ccc(C)c(C(=O)N2CCC3(CCNCC3)C2)c1.Cl. The van der Waals surface area contributed by atoms with Gasteiger partial charge in [0.2, 0.25) is 0 Å². The Morgan fingerprint density at radius 2 is 1.90 bits per heavy atom. The predicted molar refractivity (Wildman–Crippen MR) is 88.2 cm³/mol. The van der Waals surface area contributed by atoms with Crippen molar-refractivity contribution in [3.8, 4) is 0 Å². The van der Waals surface area contributed by atoms with E-state index in [1.807, 2.05) is 13.0 Å². The first-order valence-corrected chi connectivity index (χ1v) is 7.67. The highest BCUT2D eigenvalue weighted by atomic mass is 35.5. The monoisotopic (exact) mass is 308 g/mol. The van der Waals surface area contributed by atoms with Gasteiger partial charge in [-0.05, 0) is 63.2 Å². The lowest BCUT2D eigenvalue weighted by molar-refractivity contribution is 0.0761. The lowest BCUT2D eigenvalue weighted by Gasteiger charge is -2.33. The van der Waals surface area contributed by atoms with Crippen LogP contribution >= 0.6 is 12.4 Å². The molecule has 116 valence electrons. The third kappa shape index (κ3) is 3.24. The molecule has 3 nitrogen and oxygen atoms in total. The molecule has 4 heteroatoms. The van der Waals surface area contributed by atoms with E-state index in [1.54, 1.807) is 0 Å². The van der Waals surface area contributed by atoms with E-state index in [4.69, 9.17) is 0 Å². The maximum atomic E-state index is 12.8. The molecular formula is C17H25ClN2O. The largest absolute Gasteiger partial charge is 0.338 e. The molecule has 3 rings (SSSR count). The van der Waals surface area contributed by atoms with Gasteiger partial charge in [0, 0.05) is 18.7 Å². The zero-order valence-electron chi connectivity index (χ0n) is 12.9. The van der Waals surface area contributed by atoms with Crippen LogP contribution in [-0.2, 0) is 0 Å². The first-order valence-electron chi connectivity index (χ1n) is 7.67. The number of carbonyl (C=O) groups is 1. The van der Waals surface area contributed by atoms with E-state index in [-0.39, 0.29) is 18.3 Å². The Morgan fingerprint density at radius 3 is 2.62 bits per heavy atom. The number of nitrogens with zero attached hydrogens (tertiary/aromatic N) is 1. The molecule has 2 heterocycles. The van der Waals surface area contributed by atoms with Crippen LogP contribution in [0.1, 0.15) is 40.7 Å². The Kier molecular flexibility index (Phi) is 4.95. The Labute approximate surface area is 133 Å². The second-order valence-corrected chi connectivity index (χ2v) is 6.55. The number of hydrogen-bond donors (Lipinski definition) is 1. The molecule has 1 aromatic carbocycles. The highest BCUT2D eigenvalue weighted by molar-refractivity contribution is 5.96. The Morgan fingerprint density at radius 1 is 1.19 bits per heavy atom. The van der Waals surface area contributed by atoms with Crippen molar-refractivity contribution < 1.29 is 4.79 Å². The third-order valence-electron chi connectivity index (χ3n) is 5.01. The minimum Gasteiger partial charge on any atom is -0.338 e. The number of amides is 1. The molecule has 0 radical (unpaired) electrons. The Balaban J connectivity index is 0.00000161. The molecule has 2 aliphatic heterocycles. The van der Waals surface area contributed by atoms with E-state index in [9.17, 15) is 4.79 Å². The fourth-order valence-corrected chi connectivity index (χ4v) is 3.61. The minimum absolute atomic E-state index is 0. The van der Waals surface area contributed by atoms with Gasteiger partial charge in [-0.25, -0.2) is 0 Å². The quantitative estimate of drug-likeness (QED) is 0.865. The van der Waals surface area contributed by atoms with Crippen molar-refractivity contribution in [3.05, 3.63) is 34.9 Å². The average Bonchev–Trinajstić information content (AvgIpc) is 2.85. The molecule has 0 unspecified atom stereocenters. The van der Waals surface area contributed by atoms with Crippen molar-refractivity contribution in [2.24, 2.45) is 5.41 Å². The van der Waals surface area contributed by atoms with Crippen molar-refractivity contribution in [2.75, 3.05) is 26.2 Å². The van der Waals surface area contributed by atoms with Crippen LogP contribution in [0.25, 0.3) is 0 Å². The van der Waals surface area contributed by atoms with Crippen LogP contribution in [0.3, 0.4) is 0 Å². The molecular weight excluding hydrogens is 284 g/mol. The van der Waals surface area contributed by atoms with Gasteiger partial charge in [-0.1, -0.05) is 17.7 Å². The summed E-state index contributed by atoms with van der Waals surface area (Å²) in [7, 11) is 0. The van der Waals surface area contributed by atoms with Crippen LogP contribution in [0.5, 0.6) is 0 Å². The Hall–Kier alpha value is -1.06. The summed E-state index contributed by atoms with van der Waals surface area (Å²) >= 11 is 0. The molecule has 2 saturated heterocycles. The van der Waals surface area contributed by atoms with Crippen LogP contribution in [0.2, 0.25) is 0 Å². The van der Waals surface area contributed by atoms with Gasteiger partial charge < -0.3 is 10.2 Å². The highest BCUT2D eigenvalue weighted by Gasteiger charge is 2.40. The van der Waals surface area contributed by atoms with Gasteiger partial charge in [0.25, 0.3) is 5.91 Å². The molecule has 0 atom stereocenters. The summed E-state index contributed by atoms with van der Waals surface area (Å²) in [5, 5.41) is 3.42. The van der Waals surface area contributed by atoms with E-state index < -0.39 is 0 Å². The lowest BCUT2D eigenvalue weighted by atomic mass is 9.78. The number of likely N-dealkylation sites (tertiary alicyclic amines) is 1. The van der Waals surface area contributed by atoms with Crippen LogP contribution in [0, 0.1) is 19.3 Å². The summed E-state index contributed by atoms with van der Waals surface area (Å²) in [6, 6.07) is 6.16. The molecule has 1 amide bonds. The number of aryl methyl sites for hydroxylation is 2.